The fourth-order valence-corrected chi connectivity index (χ4v) is 8.12. The molecule has 6 rings (SSSR count). The van der Waals surface area contributed by atoms with Crippen molar-refractivity contribution in [3.63, 3.8) is 0 Å². The summed E-state index contributed by atoms with van der Waals surface area (Å²) in [6.45, 7) is 3.31. The van der Waals surface area contributed by atoms with Crippen molar-refractivity contribution in [3.8, 4) is 11.6 Å². The molecule has 3 unspecified atom stereocenters. The highest BCUT2D eigenvalue weighted by Crippen LogP contribution is 2.71. The third-order valence-corrected chi connectivity index (χ3v) is 10.5. The van der Waals surface area contributed by atoms with Crippen molar-refractivity contribution in [1.82, 2.24) is 24.6 Å². The number of nitrogens with two attached hydrogens (primary N) is 1. The zero-order valence-electron chi connectivity index (χ0n) is 25.7. The number of para-hydroxylation sites is 1. The number of aromatic nitrogens is 4. The molecule has 5 N–H and O–H groups in total. The molecule has 2 saturated carbocycles. The number of esters is 1. The van der Waals surface area contributed by atoms with Gasteiger partial charge in [0.25, 0.3) is 0 Å². The summed E-state index contributed by atoms with van der Waals surface area (Å²) in [5.41, 5.74) is -0.739. The quantitative estimate of drug-likeness (QED) is 0.163. The van der Waals surface area contributed by atoms with Crippen molar-refractivity contribution in [2.24, 2.45) is 0 Å². The monoisotopic (exact) mass is 664 g/mol. The maximum Gasteiger partial charge on any atom is 0.459 e. The van der Waals surface area contributed by atoms with Gasteiger partial charge in [-0.25, -0.2) is 13.9 Å². The van der Waals surface area contributed by atoms with E-state index >= 15 is 0 Å². The molecule has 0 radical (unpaired) electrons. The second kappa shape index (κ2) is 12.0. The number of benzene rings is 1. The van der Waals surface area contributed by atoms with Gasteiger partial charge in [-0.05, 0) is 58.6 Å². The number of aliphatic hydroxyl groups is 2. The molecule has 1 saturated heterocycles. The van der Waals surface area contributed by atoms with Gasteiger partial charge < -0.3 is 34.7 Å². The molecule has 1 aromatic carbocycles. The Kier molecular flexibility index (Phi) is 8.49. The second-order valence-electron chi connectivity index (χ2n) is 12.0. The molecular formula is C29H38FN6O9P. The molecule has 3 heterocycles. The lowest BCUT2D eigenvalue weighted by Crippen LogP contribution is -2.49. The van der Waals surface area contributed by atoms with E-state index in [4.69, 9.17) is 29.0 Å². The number of carbonyl (C=O) groups is 1. The number of alkyl halides is 1. The molecule has 250 valence electrons. The summed E-state index contributed by atoms with van der Waals surface area (Å²) in [6, 6.07) is 6.80. The van der Waals surface area contributed by atoms with Crippen LogP contribution in [0.3, 0.4) is 0 Å². The number of hydrogen-bond donors (Lipinski definition) is 4. The molecule has 3 aromatic rings. The van der Waals surface area contributed by atoms with E-state index in [2.05, 4.69) is 20.0 Å². The summed E-state index contributed by atoms with van der Waals surface area (Å²) < 4.78 is 59.3. The molecule has 3 aliphatic rings. The highest BCUT2D eigenvalue weighted by molar-refractivity contribution is 7.52. The number of hydrogen-bond acceptors (Lipinski definition) is 13. The maximum atomic E-state index is 15.0. The Morgan fingerprint density at radius 3 is 2.61 bits per heavy atom. The van der Waals surface area contributed by atoms with E-state index in [-0.39, 0.29) is 41.5 Å². The van der Waals surface area contributed by atoms with Crippen LogP contribution in [0, 0.1) is 0 Å². The van der Waals surface area contributed by atoms with Gasteiger partial charge >= 0.3 is 13.7 Å². The van der Waals surface area contributed by atoms with Gasteiger partial charge in [0.15, 0.2) is 28.6 Å². The lowest BCUT2D eigenvalue weighted by Gasteiger charge is -2.34. The van der Waals surface area contributed by atoms with Gasteiger partial charge in [-0.3, -0.25) is 13.9 Å². The lowest BCUT2D eigenvalue weighted by molar-refractivity contribution is -0.162. The molecule has 0 bridgehead atoms. The number of rotatable bonds is 12. The topological polar surface area (TPSA) is 202 Å². The first-order chi connectivity index (χ1) is 21.9. The molecular weight excluding hydrogens is 626 g/mol. The number of nitrogens with zero attached hydrogens (tertiary/aromatic N) is 4. The lowest BCUT2D eigenvalue weighted by atomic mass is 9.94. The number of halogens is 1. The van der Waals surface area contributed by atoms with E-state index < -0.39 is 55.6 Å². The normalized spacial score (nSPS) is 31.2. The summed E-state index contributed by atoms with van der Waals surface area (Å²) >= 11 is 0. The number of fused-ring (bicyclic) bond motifs is 2. The molecule has 1 aliphatic heterocycles. The van der Waals surface area contributed by atoms with Crippen molar-refractivity contribution < 1.29 is 47.2 Å². The van der Waals surface area contributed by atoms with Crippen LogP contribution < -0.4 is 20.1 Å². The summed E-state index contributed by atoms with van der Waals surface area (Å²) in [4.78, 5) is 25.5. The minimum absolute atomic E-state index is 0.0906. The largest absolute Gasteiger partial charge is 0.476 e. The number of imidazole rings is 1. The van der Waals surface area contributed by atoms with E-state index in [1.807, 2.05) is 0 Å². The minimum Gasteiger partial charge on any atom is -0.476 e. The third kappa shape index (κ3) is 5.30. The molecule has 15 nitrogen and oxygen atoms in total. The molecule has 2 aromatic heterocycles. The van der Waals surface area contributed by atoms with Gasteiger partial charge in [0, 0.05) is 0 Å². The van der Waals surface area contributed by atoms with Gasteiger partial charge in [-0.15, -0.1) is 0 Å². The van der Waals surface area contributed by atoms with Crippen molar-refractivity contribution in [1.29, 1.82) is 0 Å². The zero-order valence-corrected chi connectivity index (χ0v) is 26.6. The Morgan fingerprint density at radius 1 is 1.24 bits per heavy atom. The van der Waals surface area contributed by atoms with Crippen LogP contribution in [0.15, 0.2) is 36.7 Å². The summed E-state index contributed by atoms with van der Waals surface area (Å²) in [5.74, 6) is -0.629. The molecule has 2 aliphatic carbocycles. The van der Waals surface area contributed by atoms with Crippen LogP contribution in [0.1, 0.15) is 59.1 Å². The summed E-state index contributed by atoms with van der Waals surface area (Å²) in [5, 5.41) is 26.3. The maximum absolute atomic E-state index is 15.0. The minimum atomic E-state index is -4.59. The fraction of sp³-hybridized carbons (Fsp3) is 0.586. The van der Waals surface area contributed by atoms with Crippen LogP contribution in [0.2, 0.25) is 0 Å². The Balaban J connectivity index is 1.28. The van der Waals surface area contributed by atoms with Crippen molar-refractivity contribution in [2.45, 2.75) is 94.2 Å². The molecule has 0 spiro atoms. The van der Waals surface area contributed by atoms with Gasteiger partial charge in [0.2, 0.25) is 11.8 Å². The van der Waals surface area contributed by atoms with E-state index in [1.165, 1.54) is 36.9 Å². The number of carbonyl (C=O) groups excluding carboxylic acids is 1. The zero-order chi connectivity index (χ0) is 32.9. The average Bonchev–Trinajstić information content (AvgIpc) is 3.24. The SMILES string of the molecule is CCOc1nc(N)nc2c1ncn2[C@@H]1O[C@]2(CF)C(OP(=O)(NC(C)C(=O)OC3CCCCC3)Oc3ccccc3)[C@]2(O)[C@@]1(C)O. The molecule has 7 atom stereocenters. The fourth-order valence-electron chi connectivity index (χ4n) is 6.39. The second-order valence-corrected chi connectivity index (χ2v) is 13.6. The third-order valence-electron chi connectivity index (χ3n) is 8.83. The van der Waals surface area contributed by atoms with E-state index in [9.17, 15) is 24.0 Å². The summed E-state index contributed by atoms with van der Waals surface area (Å²) in [7, 11) is -4.59. The van der Waals surface area contributed by atoms with Crippen molar-refractivity contribution in [3.05, 3.63) is 36.7 Å². The first-order valence-corrected chi connectivity index (χ1v) is 16.8. The van der Waals surface area contributed by atoms with Crippen LogP contribution in [0.25, 0.3) is 11.2 Å². The predicted octanol–water partition coefficient (Wildman–Crippen LogP) is 2.97. The highest BCUT2D eigenvalue weighted by atomic mass is 31.2. The first kappa shape index (κ1) is 32.5. The van der Waals surface area contributed by atoms with Crippen LogP contribution in [-0.2, 0) is 23.4 Å². The average molecular weight is 665 g/mol. The Morgan fingerprint density at radius 2 is 1.96 bits per heavy atom. The number of nitrogen functional groups attached to an aromatic ring is 1. The number of anilines is 1. The van der Waals surface area contributed by atoms with Crippen molar-refractivity contribution in [2.75, 3.05) is 19.0 Å². The Labute approximate surface area is 264 Å². The van der Waals surface area contributed by atoms with Crippen LogP contribution in [0.4, 0.5) is 10.3 Å². The summed E-state index contributed by atoms with van der Waals surface area (Å²) in [6.07, 6.45) is 2.25. The van der Waals surface area contributed by atoms with Crippen molar-refractivity contribution >= 4 is 30.8 Å². The molecule has 17 heteroatoms. The Bertz CT molecular complexity index is 1640. The molecule has 46 heavy (non-hydrogen) atoms. The van der Waals surface area contributed by atoms with Crippen LogP contribution in [-0.4, -0.2) is 84.0 Å². The highest BCUT2D eigenvalue weighted by Gasteiger charge is 2.93. The van der Waals surface area contributed by atoms with Crippen LogP contribution in [0.5, 0.6) is 11.6 Å². The van der Waals surface area contributed by atoms with Gasteiger partial charge in [0.05, 0.1) is 12.9 Å². The van der Waals surface area contributed by atoms with Gasteiger partial charge in [0.1, 0.15) is 36.3 Å². The van der Waals surface area contributed by atoms with E-state index in [0.717, 1.165) is 32.1 Å². The number of nitrogens with one attached hydrogen (secondary N) is 1. The van der Waals surface area contributed by atoms with E-state index in [0.29, 0.717) is 0 Å². The van der Waals surface area contributed by atoms with E-state index in [1.54, 1.807) is 25.1 Å². The predicted molar refractivity (Wildman–Crippen MR) is 160 cm³/mol. The standard InChI is InChI=1S/C29H38FN6O9P/c1-4-41-22-20-21(33-26(31)34-22)36(16-32-20)25-27(3,38)29(39)24(28(29,15-30)43-25)45-46(40,44-19-13-9-6-10-14-19)35-17(2)23(37)42-18-11-7-5-8-12-18/h6,9-10,13-14,16-18,24-25,38-39H,4-5,7-8,11-12,15H2,1-3H3,(H,35,40)(H2,31,33,34)/t17?,24?,25-,27+,28-,29+,46?/m1/s1. The molecule has 0 amide bonds. The molecule has 3 fully saturated rings. The smallest absolute Gasteiger partial charge is 0.459 e. The van der Waals surface area contributed by atoms with Gasteiger partial charge in [-0.2, -0.15) is 15.1 Å². The van der Waals surface area contributed by atoms with Gasteiger partial charge in [-0.1, -0.05) is 24.6 Å². The first-order valence-electron chi connectivity index (χ1n) is 15.2. The van der Waals surface area contributed by atoms with Crippen LogP contribution >= 0.6 is 7.75 Å². The number of ether oxygens (including phenoxy) is 3. The Hall–Kier alpha value is -3.40.